The fourth-order valence-corrected chi connectivity index (χ4v) is 2.82. The molecule has 1 fully saturated rings. The van der Waals surface area contributed by atoms with E-state index in [2.05, 4.69) is 15.6 Å². The van der Waals surface area contributed by atoms with Crippen LogP contribution in [0.3, 0.4) is 0 Å². The summed E-state index contributed by atoms with van der Waals surface area (Å²) in [5.41, 5.74) is 2.30. The van der Waals surface area contributed by atoms with Crippen molar-refractivity contribution in [2.45, 2.75) is 32.0 Å². The van der Waals surface area contributed by atoms with Crippen LogP contribution in [0.2, 0.25) is 0 Å². The van der Waals surface area contributed by atoms with Gasteiger partial charge in [-0.3, -0.25) is 9.69 Å². The molecule has 1 saturated carbocycles. The molecule has 1 aliphatic carbocycles. The maximum absolute atomic E-state index is 13.8. The van der Waals surface area contributed by atoms with Crippen LogP contribution < -0.4 is 15.5 Å². The smallest absolute Gasteiger partial charge is 0.264 e. The van der Waals surface area contributed by atoms with E-state index in [1.165, 1.54) is 12.1 Å². The molecule has 1 aromatic carbocycles. The molecule has 1 aliphatic heterocycles. The standard InChI is InChI=1S/C17H17FN4O/c1-10-4-5-11(18)9-14(10)22-15-13(3-2-8-19-15)21-16(22)17(23)20-12-6-7-12/h2-5,8-9,12,16,21H,6-7H2,1H3,(H,20,23). The van der Waals surface area contributed by atoms with Crippen LogP contribution in [-0.4, -0.2) is 23.1 Å². The van der Waals surface area contributed by atoms with Gasteiger partial charge in [0.1, 0.15) is 5.82 Å². The number of benzene rings is 1. The predicted molar refractivity (Wildman–Crippen MR) is 86.1 cm³/mol. The number of carbonyl (C=O) groups excluding carboxylic acids is 1. The maximum Gasteiger partial charge on any atom is 0.264 e. The summed E-state index contributed by atoms with van der Waals surface area (Å²) >= 11 is 0. The van der Waals surface area contributed by atoms with Gasteiger partial charge in [0, 0.05) is 12.2 Å². The first-order chi connectivity index (χ1) is 11.1. The van der Waals surface area contributed by atoms with Crippen LogP contribution in [0.1, 0.15) is 18.4 Å². The van der Waals surface area contributed by atoms with Crippen molar-refractivity contribution in [2.75, 3.05) is 10.2 Å². The van der Waals surface area contributed by atoms with Crippen LogP contribution in [0.5, 0.6) is 0 Å². The molecule has 0 radical (unpaired) electrons. The van der Waals surface area contributed by atoms with E-state index in [0.717, 1.165) is 24.1 Å². The minimum absolute atomic E-state index is 0.117. The Morgan fingerprint density at radius 1 is 1.39 bits per heavy atom. The molecule has 2 aliphatic rings. The quantitative estimate of drug-likeness (QED) is 0.915. The van der Waals surface area contributed by atoms with E-state index in [1.54, 1.807) is 17.2 Å². The van der Waals surface area contributed by atoms with Gasteiger partial charge >= 0.3 is 0 Å². The van der Waals surface area contributed by atoms with Crippen LogP contribution in [-0.2, 0) is 4.79 Å². The second-order valence-corrected chi connectivity index (χ2v) is 6.01. The van der Waals surface area contributed by atoms with Gasteiger partial charge in [-0.1, -0.05) is 6.07 Å². The van der Waals surface area contributed by atoms with Crippen molar-refractivity contribution in [2.24, 2.45) is 0 Å². The molecule has 1 amide bonds. The highest BCUT2D eigenvalue weighted by molar-refractivity contribution is 5.96. The summed E-state index contributed by atoms with van der Waals surface area (Å²) in [6.07, 6.45) is 3.08. The average molecular weight is 312 g/mol. The van der Waals surface area contributed by atoms with Gasteiger partial charge in [0.2, 0.25) is 0 Å². The van der Waals surface area contributed by atoms with E-state index >= 15 is 0 Å². The molecule has 0 spiro atoms. The summed E-state index contributed by atoms with van der Waals surface area (Å²) in [7, 11) is 0. The summed E-state index contributed by atoms with van der Waals surface area (Å²) < 4.78 is 13.8. The Morgan fingerprint density at radius 3 is 3.00 bits per heavy atom. The lowest BCUT2D eigenvalue weighted by Crippen LogP contribution is -2.47. The van der Waals surface area contributed by atoms with Crippen LogP contribution in [0.25, 0.3) is 0 Å². The van der Waals surface area contributed by atoms with E-state index in [9.17, 15) is 9.18 Å². The fraction of sp³-hybridized carbons (Fsp3) is 0.294. The summed E-state index contributed by atoms with van der Waals surface area (Å²) in [4.78, 5) is 18.8. The number of aryl methyl sites for hydroxylation is 1. The van der Waals surface area contributed by atoms with Gasteiger partial charge in [-0.2, -0.15) is 0 Å². The summed E-state index contributed by atoms with van der Waals surface area (Å²) in [5.74, 6) is 0.183. The van der Waals surface area contributed by atoms with E-state index in [1.807, 2.05) is 19.1 Å². The normalized spacial score (nSPS) is 19.2. The van der Waals surface area contributed by atoms with Crippen LogP contribution in [0.4, 0.5) is 21.6 Å². The number of amides is 1. The summed E-state index contributed by atoms with van der Waals surface area (Å²) in [6, 6.07) is 8.51. The van der Waals surface area contributed by atoms with Crippen molar-refractivity contribution < 1.29 is 9.18 Å². The molecule has 1 aromatic heterocycles. The molecule has 23 heavy (non-hydrogen) atoms. The molecule has 2 heterocycles. The Kier molecular flexibility index (Phi) is 3.18. The molecule has 6 heteroatoms. The zero-order chi connectivity index (χ0) is 16.0. The molecule has 1 atom stereocenters. The number of nitrogens with zero attached hydrogens (tertiary/aromatic N) is 2. The molecule has 118 valence electrons. The second kappa shape index (κ2) is 5.22. The Balaban J connectivity index is 1.77. The zero-order valence-corrected chi connectivity index (χ0v) is 12.7. The SMILES string of the molecule is Cc1ccc(F)cc1N1c2ncccc2NC1C(=O)NC1CC1. The number of hydrogen-bond acceptors (Lipinski definition) is 4. The number of fused-ring (bicyclic) bond motifs is 1. The van der Waals surface area contributed by atoms with Crippen molar-refractivity contribution in [3.8, 4) is 0 Å². The molecular weight excluding hydrogens is 295 g/mol. The molecule has 1 unspecified atom stereocenters. The Morgan fingerprint density at radius 2 is 2.22 bits per heavy atom. The van der Waals surface area contributed by atoms with Gasteiger partial charge in [0.05, 0.1) is 11.4 Å². The zero-order valence-electron chi connectivity index (χ0n) is 12.7. The summed E-state index contributed by atoms with van der Waals surface area (Å²) in [5, 5.41) is 6.19. The number of hydrogen-bond donors (Lipinski definition) is 2. The number of rotatable bonds is 3. The van der Waals surface area contributed by atoms with Crippen molar-refractivity contribution in [1.29, 1.82) is 0 Å². The molecule has 0 saturated heterocycles. The highest BCUT2D eigenvalue weighted by atomic mass is 19.1. The first-order valence-corrected chi connectivity index (χ1v) is 7.71. The van der Waals surface area contributed by atoms with Gasteiger partial charge < -0.3 is 10.6 Å². The number of anilines is 3. The fourth-order valence-electron chi connectivity index (χ4n) is 2.82. The Hall–Kier alpha value is -2.63. The molecule has 2 N–H and O–H groups in total. The predicted octanol–water partition coefficient (Wildman–Crippen LogP) is 2.70. The summed E-state index contributed by atoms with van der Waals surface area (Å²) in [6.45, 7) is 1.89. The third-order valence-corrected chi connectivity index (χ3v) is 4.17. The Bertz CT molecular complexity index is 775. The molecule has 0 bridgehead atoms. The van der Waals surface area contributed by atoms with Crippen LogP contribution >= 0.6 is 0 Å². The van der Waals surface area contributed by atoms with Crippen molar-refractivity contribution in [3.05, 3.63) is 47.9 Å². The Labute approximate surface area is 133 Å². The number of pyridine rings is 1. The highest BCUT2D eigenvalue weighted by Gasteiger charge is 2.38. The monoisotopic (exact) mass is 312 g/mol. The number of aromatic nitrogens is 1. The van der Waals surface area contributed by atoms with E-state index in [-0.39, 0.29) is 17.8 Å². The van der Waals surface area contributed by atoms with E-state index in [4.69, 9.17) is 0 Å². The van der Waals surface area contributed by atoms with Gasteiger partial charge in [-0.15, -0.1) is 0 Å². The maximum atomic E-state index is 13.8. The third-order valence-electron chi connectivity index (χ3n) is 4.17. The lowest BCUT2D eigenvalue weighted by atomic mass is 10.1. The van der Waals surface area contributed by atoms with Crippen LogP contribution in [0, 0.1) is 12.7 Å². The molecule has 5 nitrogen and oxygen atoms in total. The van der Waals surface area contributed by atoms with Gasteiger partial charge in [0.15, 0.2) is 12.0 Å². The van der Waals surface area contributed by atoms with Crippen molar-refractivity contribution in [3.63, 3.8) is 0 Å². The minimum Gasteiger partial charge on any atom is -0.354 e. The molecule has 2 aromatic rings. The number of carbonyl (C=O) groups is 1. The number of halogens is 1. The topological polar surface area (TPSA) is 57.3 Å². The van der Waals surface area contributed by atoms with Crippen molar-refractivity contribution in [1.82, 2.24) is 10.3 Å². The van der Waals surface area contributed by atoms with Gasteiger partial charge in [-0.25, -0.2) is 9.37 Å². The average Bonchev–Trinajstić information content (AvgIpc) is 3.27. The van der Waals surface area contributed by atoms with Crippen molar-refractivity contribution >= 4 is 23.1 Å². The lowest BCUT2D eigenvalue weighted by molar-refractivity contribution is -0.121. The van der Waals surface area contributed by atoms with Gasteiger partial charge in [-0.05, 0) is 49.6 Å². The van der Waals surface area contributed by atoms with E-state index < -0.39 is 6.17 Å². The first kappa shape index (κ1) is 14.0. The molecule has 4 rings (SSSR count). The highest BCUT2D eigenvalue weighted by Crippen LogP contribution is 2.39. The van der Waals surface area contributed by atoms with E-state index in [0.29, 0.717) is 11.5 Å². The second-order valence-electron chi connectivity index (χ2n) is 6.01. The van der Waals surface area contributed by atoms with Crippen LogP contribution in [0.15, 0.2) is 36.5 Å². The first-order valence-electron chi connectivity index (χ1n) is 7.71. The lowest BCUT2D eigenvalue weighted by Gasteiger charge is -2.26. The van der Waals surface area contributed by atoms with Gasteiger partial charge in [0.25, 0.3) is 5.91 Å². The minimum atomic E-state index is -0.624. The molecular formula is C17H17FN4O. The third kappa shape index (κ3) is 2.50. The number of nitrogens with one attached hydrogen (secondary N) is 2. The largest absolute Gasteiger partial charge is 0.354 e.